The highest BCUT2D eigenvalue weighted by molar-refractivity contribution is 7.89. The monoisotopic (exact) mass is 373 g/mol. The van der Waals surface area contributed by atoms with Crippen molar-refractivity contribution in [2.45, 2.75) is 18.7 Å². The molecule has 0 saturated carbocycles. The number of nitrogens with zero attached hydrogens (tertiary/aromatic N) is 1. The van der Waals surface area contributed by atoms with Gasteiger partial charge in [-0.25, -0.2) is 8.42 Å². The largest absolute Gasteiger partial charge is 0.244 e. The zero-order chi connectivity index (χ0) is 18.4. The Morgan fingerprint density at radius 1 is 1.12 bits per heavy atom. The number of benzene rings is 2. The molecule has 0 heterocycles. The topological polar surface area (TPSA) is 37.4 Å². The highest BCUT2D eigenvalue weighted by atomic mass is 35.5. The van der Waals surface area contributed by atoms with Crippen molar-refractivity contribution in [1.29, 1.82) is 0 Å². The Bertz CT molecular complexity index is 905. The van der Waals surface area contributed by atoms with E-state index >= 15 is 0 Å². The maximum atomic E-state index is 12.9. The quantitative estimate of drug-likeness (QED) is 0.579. The summed E-state index contributed by atoms with van der Waals surface area (Å²) in [6.45, 7) is 7.85. The Morgan fingerprint density at radius 3 is 2.28 bits per heavy atom. The first-order valence-electron chi connectivity index (χ1n) is 7.74. The van der Waals surface area contributed by atoms with Crippen molar-refractivity contribution in [3.8, 4) is 11.8 Å². The Balaban J connectivity index is 2.25. The maximum Gasteiger partial charge on any atom is 0.244 e. The molecule has 0 radical (unpaired) electrons. The predicted molar refractivity (Wildman–Crippen MR) is 103 cm³/mol. The molecule has 0 aromatic heterocycles. The van der Waals surface area contributed by atoms with Crippen molar-refractivity contribution >= 4 is 21.6 Å². The van der Waals surface area contributed by atoms with Crippen LogP contribution in [0.3, 0.4) is 0 Å². The van der Waals surface area contributed by atoms with Crippen molar-refractivity contribution in [2.75, 3.05) is 13.1 Å². The van der Waals surface area contributed by atoms with Gasteiger partial charge in [0.2, 0.25) is 10.0 Å². The van der Waals surface area contributed by atoms with Crippen LogP contribution in [-0.2, 0) is 10.0 Å². The minimum atomic E-state index is -3.63. The van der Waals surface area contributed by atoms with Crippen molar-refractivity contribution in [1.82, 2.24) is 4.31 Å². The van der Waals surface area contributed by atoms with Crippen LogP contribution in [0.1, 0.15) is 18.1 Å². The molecule has 0 amide bonds. The van der Waals surface area contributed by atoms with Gasteiger partial charge in [0, 0.05) is 17.1 Å². The van der Waals surface area contributed by atoms with Crippen LogP contribution in [-0.4, -0.2) is 25.8 Å². The highest BCUT2D eigenvalue weighted by Gasteiger charge is 2.23. The van der Waals surface area contributed by atoms with Crippen molar-refractivity contribution in [3.63, 3.8) is 0 Å². The summed E-state index contributed by atoms with van der Waals surface area (Å²) in [4.78, 5) is 0.257. The van der Waals surface area contributed by atoms with Crippen LogP contribution in [0.15, 0.2) is 65.6 Å². The van der Waals surface area contributed by atoms with Gasteiger partial charge in [-0.3, -0.25) is 0 Å². The zero-order valence-electron chi connectivity index (χ0n) is 14.3. The van der Waals surface area contributed by atoms with Gasteiger partial charge in [0.25, 0.3) is 0 Å². The second-order valence-corrected chi connectivity index (χ2v) is 8.23. The third-order valence-electron chi connectivity index (χ3n) is 3.44. The molecule has 0 aliphatic carbocycles. The Labute approximate surface area is 155 Å². The zero-order valence-corrected chi connectivity index (χ0v) is 15.9. The van der Waals surface area contributed by atoms with Crippen molar-refractivity contribution < 1.29 is 8.42 Å². The van der Waals surface area contributed by atoms with Gasteiger partial charge in [0.05, 0.1) is 11.4 Å². The van der Waals surface area contributed by atoms with Gasteiger partial charge in [-0.05, 0) is 50.2 Å². The van der Waals surface area contributed by atoms with E-state index in [0.717, 1.165) is 16.7 Å². The molecule has 0 N–H and O–H groups in total. The lowest BCUT2D eigenvalue weighted by Gasteiger charge is -2.20. The first-order chi connectivity index (χ1) is 11.8. The molecule has 2 rings (SSSR count). The molecule has 0 atom stereocenters. The van der Waals surface area contributed by atoms with Crippen molar-refractivity contribution in [2.24, 2.45) is 0 Å². The van der Waals surface area contributed by atoms with Gasteiger partial charge < -0.3 is 0 Å². The molecule has 2 aromatic carbocycles. The number of hydrogen-bond acceptors (Lipinski definition) is 2. The van der Waals surface area contributed by atoms with Crippen LogP contribution in [0.5, 0.6) is 0 Å². The molecule has 0 unspecified atom stereocenters. The first-order valence-corrected chi connectivity index (χ1v) is 9.56. The van der Waals surface area contributed by atoms with Crippen molar-refractivity contribution in [3.05, 3.63) is 76.8 Å². The summed E-state index contributed by atoms with van der Waals surface area (Å²) in [5.74, 6) is 5.89. The number of aryl methyl sites for hydroxylation is 1. The maximum absolute atomic E-state index is 12.9. The molecule has 25 heavy (non-hydrogen) atoms. The Kier molecular flexibility index (Phi) is 6.44. The second-order valence-electron chi connectivity index (χ2n) is 5.85. The number of hydrogen-bond donors (Lipinski definition) is 0. The molecule has 0 fully saturated rings. The molecular formula is C20H20ClNO2S. The lowest BCUT2D eigenvalue weighted by Crippen LogP contribution is -2.32. The number of halogens is 1. The Hall–Kier alpha value is -2.06. The number of sulfonamides is 1. The van der Waals surface area contributed by atoms with Crippen LogP contribution >= 0.6 is 11.6 Å². The number of rotatable bonds is 5. The second kappa shape index (κ2) is 8.35. The molecule has 5 heteroatoms. The lowest BCUT2D eigenvalue weighted by atomic mass is 10.2. The standard InChI is InChI=1S/C20H20ClNO2S/c1-16(2)15-22(14-4-5-18-8-10-19(21)11-9-18)25(23,24)20-12-6-17(3)7-13-20/h6-13H,1,14-15H2,2-3H3. The van der Waals surface area contributed by atoms with Gasteiger partial charge in [-0.1, -0.05) is 53.3 Å². The van der Waals surface area contributed by atoms with E-state index in [1.54, 1.807) is 55.5 Å². The summed E-state index contributed by atoms with van der Waals surface area (Å²) in [6.07, 6.45) is 0. The molecule has 0 spiro atoms. The Morgan fingerprint density at radius 2 is 1.72 bits per heavy atom. The van der Waals surface area contributed by atoms with E-state index < -0.39 is 10.0 Å². The minimum Gasteiger partial charge on any atom is -0.207 e. The van der Waals surface area contributed by atoms with Gasteiger partial charge in [-0.2, -0.15) is 4.31 Å². The van der Waals surface area contributed by atoms with Gasteiger partial charge in [0.15, 0.2) is 0 Å². The van der Waals surface area contributed by atoms with E-state index in [-0.39, 0.29) is 18.0 Å². The fourth-order valence-electron chi connectivity index (χ4n) is 2.15. The van der Waals surface area contributed by atoms with E-state index in [1.165, 1.54) is 4.31 Å². The summed E-state index contributed by atoms with van der Waals surface area (Å²) >= 11 is 5.85. The lowest BCUT2D eigenvalue weighted by molar-refractivity contribution is 0.471. The molecule has 2 aromatic rings. The highest BCUT2D eigenvalue weighted by Crippen LogP contribution is 2.17. The average Bonchev–Trinajstić information content (AvgIpc) is 2.56. The molecule has 3 nitrogen and oxygen atoms in total. The van der Waals surface area contributed by atoms with Gasteiger partial charge in [0.1, 0.15) is 0 Å². The van der Waals surface area contributed by atoms with Crippen LogP contribution in [0.4, 0.5) is 0 Å². The summed E-state index contributed by atoms with van der Waals surface area (Å²) < 4.78 is 27.1. The van der Waals surface area contributed by atoms with Crippen LogP contribution in [0, 0.1) is 18.8 Å². The normalized spacial score (nSPS) is 11.0. The average molecular weight is 374 g/mol. The van der Waals surface area contributed by atoms with Gasteiger partial charge >= 0.3 is 0 Å². The molecule has 0 saturated heterocycles. The first kappa shape index (κ1) is 19.3. The summed E-state index contributed by atoms with van der Waals surface area (Å²) in [6, 6.07) is 13.9. The fraction of sp³-hybridized carbons (Fsp3) is 0.200. The van der Waals surface area contributed by atoms with E-state index in [4.69, 9.17) is 11.6 Å². The summed E-state index contributed by atoms with van der Waals surface area (Å²) in [7, 11) is -3.63. The molecule has 0 aliphatic heterocycles. The van der Waals surface area contributed by atoms with Crippen LogP contribution in [0.2, 0.25) is 5.02 Å². The molecule has 130 valence electrons. The van der Waals surface area contributed by atoms with Crippen LogP contribution in [0.25, 0.3) is 0 Å². The molecule has 0 bridgehead atoms. The van der Waals surface area contributed by atoms with E-state index in [1.807, 2.05) is 6.92 Å². The molecular weight excluding hydrogens is 354 g/mol. The third kappa shape index (κ3) is 5.47. The summed E-state index contributed by atoms with van der Waals surface area (Å²) in [5.41, 5.74) is 2.55. The fourth-order valence-corrected chi connectivity index (χ4v) is 3.68. The minimum absolute atomic E-state index is 0.0890. The third-order valence-corrected chi connectivity index (χ3v) is 5.50. The SMILES string of the molecule is C=C(C)CN(CC#Cc1ccc(Cl)cc1)S(=O)(=O)c1ccc(C)cc1. The van der Waals surface area contributed by atoms with E-state index in [0.29, 0.717) is 5.02 Å². The van der Waals surface area contributed by atoms with E-state index in [9.17, 15) is 8.42 Å². The van der Waals surface area contributed by atoms with Gasteiger partial charge in [-0.15, -0.1) is 0 Å². The van der Waals surface area contributed by atoms with E-state index in [2.05, 4.69) is 18.4 Å². The predicted octanol–water partition coefficient (Wildman–Crippen LogP) is 4.27. The smallest absolute Gasteiger partial charge is 0.207 e. The molecule has 0 aliphatic rings. The summed E-state index contributed by atoms with van der Waals surface area (Å²) in [5, 5.41) is 0.636. The van der Waals surface area contributed by atoms with Crippen LogP contribution < -0.4 is 0 Å².